The second-order valence-electron chi connectivity index (χ2n) is 9.49. The van der Waals surface area contributed by atoms with Gasteiger partial charge in [0.1, 0.15) is 5.60 Å². The number of nitrogens with zero attached hydrogens (tertiary/aromatic N) is 4. The molecule has 1 amide bonds. The van der Waals surface area contributed by atoms with Gasteiger partial charge in [-0.3, -0.25) is 15.0 Å². The van der Waals surface area contributed by atoms with E-state index in [1.54, 1.807) is 23.1 Å². The highest BCUT2D eigenvalue weighted by atomic mass is 16.6. The summed E-state index contributed by atoms with van der Waals surface area (Å²) in [6.07, 6.45) is 3.41. The minimum atomic E-state index is -0.481. The molecule has 0 atom stereocenters. The molecule has 9 nitrogen and oxygen atoms in total. The van der Waals surface area contributed by atoms with Crippen LogP contribution in [0.15, 0.2) is 18.7 Å². The van der Waals surface area contributed by atoms with Gasteiger partial charge in [0.05, 0.1) is 11.5 Å². The van der Waals surface area contributed by atoms with Crippen molar-refractivity contribution in [2.24, 2.45) is 0 Å². The first-order chi connectivity index (χ1) is 15.6. The third kappa shape index (κ3) is 6.16. The van der Waals surface area contributed by atoms with E-state index >= 15 is 0 Å². The number of carbonyl (C=O) groups is 1. The summed E-state index contributed by atoms with van der Waals surface area (Å²) in [4.78, 5) is 29.9. The van der Waals surface area contributed by atoms with Gasteiger partial charge >= 0.3 is 11.8 Å². The number of hydrogen-bond donors (Lipinski definition) is 0. The predicted octanol–water partition coefficient (Wildman–Crippen LogP) is 4.16. The first-order valence-corrected chi connectivity index (χ1v) is 11.7. The third-order valence-corrected chi connectivity index (χ3v) is 6.11. The fourth-order valence-electron chi connectivity index (χ4n) is 4.49. The van der Waals surface area contributed by atoms with Crippen LogP contribution in [0.4, 0.5) is 16.2 Å². The molecule has 2 fully saturated rings. The van der Waals surface area contributed by atoms with E-state index < -0.39 is 10.5 Å². The molecule has 182 valence electrons. The van der Waals surface area contributed by atoms with Gasteiger partial charge in [-0.1, -0.05) is 12.7 Å². The molecular weight excluding hydrogens is 424 g/mol. The van der Waals surface area contributed by atoms with Gasteiger partial charge in [0, 0.05) is 68.7 Å². The number of piperazine rings is 1. The second-order valence-corrected chi connectivity index (χ2v) is 9.49. The molecule has 0 spiro atoms. The summed E-state index contributed by atoms with van der Waals surface area (Å²) in [5, 5.41) is 11.4. The minimum absolute atomic E-state index is 0.0340. The lowest BCUT2D eigenvalue weighted by molar-refractivity contribution is -0.385. The molecule has 0 aromatic heterocycles. The van der Waals surface area contributed by atoms with E-state index in [1.165, 1.54) is 0 Å². The number of ether oxygens (including phenoxy) is 2. The van der Waals surface area contributed by atoms with Crippen molar-refractivity contribution in [3.8, 4) is 5.75 Å². The van der Waals surface area contributed by atoms with Crippen molar-refractivity contribution < 1.29 is 19.2 Å². The van der Waals surface area contributed by atoms with Crippen LogP contribution in [0.25, 0.3) is 6.08 Å². The van der Waals surface area contributed by atoms with Crippen LogP contribution in [0.3, 0.4) is 0 Å². The number of nitro groups is 1. The van der Waals surface area contributed by atoms with Crippen molar-refractivity contribution in [3.05, 3.63) is 34.4 Å². The van der Waals surface area contributed by atoms with Crippen LogP contribution in [-0.2, 0) is 4.74 Å². The van der Waals surface area contributed by atoms with Crippen molar-refractivity contribution in [1.82, 2.24) is 9.80 Å². The highest BCUT2D eigenvalue weighted by Crippen LogP contribution is 2.37. The van der Waals surface area contributed by atoms with Gasteiger partial charge in [0.2, 0.25) is 0 Å². The average molecular weight is 461 g/mol. The van der Waals surface area contributed by atoms with Gasteiger partial charge in [0.15, 0.2) is 5.75 Å². The molecule has 1 aromatic rings. The minimum Gasteiger partial charge on any atom is -0.487 e. The van der Waals surface area contributed by atoms with Crippen LogP contribution in [0, 0.1) is 10.1 Å². The maximum Gasteiger partial charge on any atom is 0.410 e. The highest BCUT2D eigenvalue weighted by molar-refractivity contribution is 5.73. The van der Waals surface area contributed by atoms with Gasteiger partial charge in [-0.15, -0.1) is 0 Å². The summed E-state index contributed by atoms with van der Waals surface area (Å²) >= 11 is 0. The lowest BCUT2D eigenvalue weighted by atomic mass is 10.00. The summed E-state index contributed by atoms with van der Waals surface area (Å²) < 4.78 is 11.0. The SMILES string of the molecule is C=Cc1cc([N+](=O)[O-])c(OCC)cc1N1CCC(N2CCN(C(=O)OC(C)(C)C)CC2)CC1. The molecule has 1 aromatic carbocycles. The lowest BCUT2D eigenvalue weighted by Crippen LogP contribution is -2.55. The standard InChI is InChI=1S/C24H36N4O5/c1-6-18-16-21(28(30)31)22(32-7-2)17-20(18)26-10-8-19(9-11-26)25-12-14-27(15-13-25)23(29)33-24(3,4)5/h6,16-17,19H,1,7-15H2,2-5H3. The van der Waals surface area contributed by atoms with Crippen LogP contribution in [0.2, 0.25) is 0 Å². The highest BCUT2D eigenvalue weighted by Gasteiger charge is 2.31. The molecule has 0 bridgehead atoms. The molecule has 0 radical (unpaired) electrons. The van der Waals surface area contributed by atoms with E-state index in [0.29, 0.717) is 31.5 Å². The first-order valence-electron chi connectivity index (χ1n) is 11.7. The smallest absolute Gasteiger partial charge is 0.410 e. The van der Waals surface area contributed by atoms with E-state index in [1.807, 2.05) is 27.7 Å². The molecule has 33 heavy (non-hydrogen) atoms. The average Bonchev–Trinajstić information content (AvgIpc) is 2.78. The van der Waals surface area contributed by atoms with Crippen molar-refractivity contribution in [1.29, 1.82) is 0 Å². The Morgan fingerprint density at radius 3 is 2.33 bits per heavy atom. The van der Waals surface area contributed by atoms with Crippen molar-refractivity contribution in [3.63, 3.8) is 0 Å². The maximum absolute atomic E-state index is 12.3. The van der Waals surface area contributed by atoms with Crippen molar-refractivity contribution in [2.75, 3.05) is 50.8 Å². The Labute approximate surface area is 196 Å². The third-order valence-electron chi connectivity index (χ3n) is 6.11. The largest absolute Gasteiger partial charge is 0.487 e. The molecule has 2 aliphatic heterocycles. The summed E-state index contributed by atoms with van der Waals surface area (Å²) in [6, 6.07) is 3.78. The van der Waals surface area contributed by atoms with Crippen molar-refractivity contribution in [2.45, 2.75) is 52.2 Å². The van der Waals surface area contributed by atoms with Crippen LogP contribution >= 0.6 is 0 Å². The van der Waals surface area contributed by atoms with Gasteiger partial charge in [0.25, 0.3) is 0 Å². The Morgan fingerprint density at radius 1 is 1.18 bits per heavy atom. The number of nitro benzene ring substituents is 1. The zero-order valence-corrected chi connectivity index (χ0v) is 20.2. The van der Waals surface area contributed by atoms with E-state index in [9.17, 15) is 14.9 Å². The zero-order chi connectivity index (χ0) is 24.2. The molecule has 2 saturated heterocycles. The molecule has 0 unspecified atom stereocenters. The molecule has 3 rings (SSSR count). The van der Waals surface area contributed by atoms with E-state index in [2.05, 4.69) is 16.4 Å². The van der Waals surface area contributed by atoms with Crippen LogP contribution < -0.4 is 9.64 Å². The summed E-state index contributed by atoms with van der Waals surface area (Å²) in [6.45, 7) is 16.4. The van der Waals surface area contributed by atoms with Gasteiger partial charge in [-0.05, 0) is 40.5 Å². The Balaban J connectivity index is 1.60. The molecule has 2 aliphatic rings. The quantitative estimate of drug-likeness (QED) is 0.465. The maximum atomic E-state index is 12.3. The predicted molar refractivity (Wildman–Crippen MR) is 129 cm³/mol. The van der Waals surface area contributed by atoms with E-state index in [-0.39, 0.29) is 11.8 Å². The topological polar surface area (TPSA) is 88.4 Å². The van der Waals surface area contributed by atoms with E-state index in [0.717, 1.165) is 50.3 Å². The molecule has 2 heterocycles. The summed E-state index contributed by atoms with van der Waals surface area (Å²) in [7, 11) is 0. The fraction of sp³-hybridized carbons (Fsp3) is 0.625. The molecule has 0 N–H and O–H groups in total. The first kappa shape index (κ1) is 24.8. The number of hydrogen-bond acceptors (Lipinski definition) is 7. The second kappa shape index (κ2) is 10.4. The number of piperidine rings is 1. The molecule has 0 aliphatic carbocycles. The Bertz CT molecular complexity index is 866. The van der Waals surface area contributed by atoms with Gasteiger partial charge < -0.3 is 19.3 Å². The fourth-order valence-corrected chi connectivity index (χ4v) is 4.49. The summed E-state index contributed by atoms with van der Waals surface area (Å²) in [5.74, 6) is 0.295. The number of anilines is 1. The normalized spacial score (nSPS) is 18.2. The van der Waals surface area contributed by atoms with Gasteiger partial charge in [-0.2, -0.15) is 0 Å². The monoisotopic (exact) mass is 460 g/mol. The number of carbonyl (C=O) groups excluding carboxylic acids is 1. The Kier molecular flexibility index (Phi) is 7.84. The van der Waals surface area contributed by atoms with E-state index in [4.69, 9.17) is 9.47 Å². The number of rotatable bonds is 6. The number of amides is 1. The Morgan fingerprint density at radius 2 is 1.82 bits per heavy atom. The van der Waals surface area contributed by atoms with Crippen LogP contribution in [0.5, 0.6) is 5.75 Å². The molecular formula is C24H36N4O5. The number of benzene rings is 1. The zero-order valence-electron chi connectivity index (χ0n) is 20.2. The van der Waals surface area contributed by atoms with Crippen LogP contribution in [0.1, 0.15) is 46.1 Å². The van der Waals surface area contributed by atoms with Crippen molar-refractivity contribution >= 4 is 23.5 Å². The van der Waals surface area contributed by atoms with Crippen LogP contribution in [-0.4, -0.2) is 78.3 Å². The van der Waals surface area contributed by atoms with Gasteiger partial charge in [-0.25, -0.2) is 4.79 Å². The molecule has 9 heteroatoms. The Hall–Kier alpha value is -2.81. The molecule has 0 saturated carbocycles. The lowest BCUT2D eigenvalue weighted by Gasteiger charge is -2.43. The summed E-state index contributed by atoms with van der Waals surface area (Å²) in [5.41, 5.74) is 1.15.